The van der Waals surface area contributed by atoms with Gasteiger partial charge in [0.15, 0.2) is 6.61 Å². The molecule has 0 bridgehead atoms. The van der Waals surface area contributed by atoms with Crippen LogP contribution in [0.3, 0.4) is 0 Å². The van der Waals surface area contributed by atoms with Crippen molar-refractivity contribution in [3.8, 4) is 5.75 Å². The van der Waals surface area contributed by atoms with E-state index in [9.17, 15) is 14.4 Å². The maximum Gasteiger partial charge on any atom is 0.344 e. The van der Waals surface area contributed by atoms with E-state index in [-0.39, 0.29) is 34.0 Å². The Balaban J connectivity index is 1.76. The van der Waals surface area contributed by atoms with Crippen molar-refractivity contribution in [1.29, 1.82) is 0 Å². The first kappa shape index (κ1) is 18.9. The molecule has 0 radical (unpaired) electrons. The van der Waals surface area contributed by atoms with Crippen LogP contribution in [0.1, 0.15) is 0 Å². The largest absolute Gasteiger partial charge is 0.480 e. The Kier molecular flexibility index (Phi) is 6.34. The fourth-order valence-electron chi connectivity index (χ4n) is 1.74. The van der Waals surface area contributed by atoms with Gasteiger partial charge in [-0.05, 0) is 18.2 Å². The Morgan fingerprint density at radius 3 is 2.25 bits per heavy atom. The number of benzene rings is 1. The summed E-state index contributed by atoms with van der Waals surface area (Å²) in [7, 11) is 0. The predicted octanol–water partition coefficient (Wildman–Crippen LogP) is 2.97. The highest BCUT2D eigenvalue weighted by Gasteiger charge is 2.36. The lowest BCUT2D eigenvalue weighted by Crippen LogP contribution is -2.35. The summed E-state index contributed by atoms with van der Waals surface area (Å²) in [5.41, 5.74) is 0. The van der Waals surface area contributed by atoms with Gasteiger partial charge in [0.05, 0.1) is 11.6 Å². The molecule has 128 valence electrons. The van der Waals surface area contributed by atoms with E-state index in [4.69, 9.17) is 55.9 Å². The summed E-state index contributed by atoms with van der Waals surface area (Å²) < 4.78 is 10.1. The highest BCUT2D eigenvalue weighted by Crippen LogP contribution is 2.27. The molecule has 1 aliphatic rings. The second-order valence-electron chi connectivity index (χ2n) is 4.47. The number of carbonyl (C=O) groups is 3. The summed E-state index contributed by atoms with van der Waals surface area (Å²) in [4.78, 5) is 35.6. The topological polar surface area (TPSA) is 72.9 Å². The Bertz CT molecular complexity index is 710. The molecule has 1 aromatic rings. The second kappa shape index (κ2) is 8.07. The molecule has 10 heteroatoms. The lowest BCUT2D eigenvalue weighted by molar-refractivity contribution is -0.149. The standard InChI is InChI=1S/C14H9Cl4NO5/c15-7-1-2-9(8(16)5-7)24-6-10(20)23-4-3-19-13(21)11(17)12(18)14(19)22/h1-2,5H,3-4,6H2. The number of hydrogen-bond donors (Lipinski definition) is 0. The number of amides is 2. The van der Waals surface area contributed by atoms with Crippen molar-refractivity contribution in [2.24, 2.45) is 0 Å². The summed E-state index contributed by atoms with van der Waals surface area (Å²) >= 11 is 22.8. The first-order chi connectivity index (χ1) is 11.3. The molecule has 0 aliphatic carbocycles. The van der Waals surface area contributed by atoms with Crippen molar-refractivity contribution in [2.75, 3.05) is 19.8 Å². The van der Waals surface area contributed by atoms with E-state index in [1.54, 1.807) is 6.07 Å². The number of carbonyl (C=O) groups excluding carboxylic acids is 3. The van der Waals surface area contributed by atoms with Crippen LogP contribution in [0.25, 0.3) is 0 Å². The molecular weight excluding hydrogens is 404 g/mol. The molecule has 0 N–H and O–H groups in total. The van der Waals surface area contributed by atoms with Gasteiger partial charge in [-0.15, -0.1) is 0 Å². The highest BCUT2D eigenvalue weighted by atomic mass is 35.5. The zero-order valence-corrected chi connectivity index (χ0v) is 14.9. The first-order valence-electron chi connectivity index (χ1n) is 6.46. The molecule has 0 saturated carbocycles. The molecule has 1 aliphatic heterocycles. The number of rotatable bonds is 6. The fourth-order valence-corrected chi connectivity index (χ4v) is 2.57. The molecule has 0 saturated heterocycles. The smallest absolute Gasteiger partial charge is 0.344 e. The SMILES string of the molecule is O=C(COc1ccc(Cl)cc1Cl)OCCN1C(=O)C(Cl)=C(Cl)C1=O. The fraction of sp³-hybridized carbons (Fsp3) is 0.214. The lowest BCUT2D eigenvalue weighted by atomic mass is 10.3. The van der Waals surface area contributed by atoms with Crippen LogP contribution >= 0.6 is 46.4 Å². The van der Waals surface area contributed by atoms with Gasteiger partial charge in [-0.25, -0.2) is 4.79 Å². The van der Waals surface area contributed by atoms with E-state index in [0.717, 1.165) is 4.90 Å². The van der Waals surface area contributed by atoms with Crippen molar-refractivity contribution in [3.05, 3.63) is 38.3 Å². The minimum atomic E-state index is -0.730. The van der Waals surface area contributed by atoms with Gasteiger partial charge < -0.3 is 9.47 Å². The number of ether oxygens (including phenoxy) is 2. The molecule has 0 aromatic heterocycles. The zero-order chi connectivity index (χ0) is 17.9. The maximum absolute atomic E-state index is 11.6. The van der Waals surface area contributed by atoms with Gasteiger partial charge in [0.1, 0.15) is 22.4 Å². The molecule has 1 aromatic carbocycles. The maximum atomic E-state index is 11.6. The van der Waals surface area contributed by atoms with Crippen LogP contribution in [-0.2, 0) is 19.1 Å². The van der Waals surface area contributed by atoms with Crippen LogP contribution in [0.2, 0.25) is 10.0 Å². The van der Waals surface area contributed by atoms with Crippen molar-refractivity contribution in [3.63, 3.8) is 0 Å². The van der Waals surface area contributed by atoms with Gasteiger partial charge in [0.25, 0.3) is 11.8 Å². The average Bonchev–Trinajstić information content (AvgIpc) is 2.71. The molecule has 2 rings (SSSR count). The average molecular weight is 413 g/mol. The minimum Gasteiger partial charge on any atom is -0.480 e. The normalized spacial score (nSPS) is 14.4. The second-order valence-corrected chi connectivity index (χ2v) is 6.07. The molecule has 0 spiro atoms. The van der Waals surface area contributed by atoms with Crippen molar-refractivity contribution in [2.45, 2.75) is 0 Å². The minimum absolute atomic E-state index is 0.169. The molecule has 24 heavy (non-hydrogen) atoms. The van der Waals surface area contributed by atoms with Crippen LogP contribution in [0, 0.1) is 0 Å². The molecule has 1 heterocycles. The predicted molar refractivity (Wildman–Crippen MR) is 88.4 cm³/mol. The lowest BCUT2D eigenvalue weighted by Gasteiger charge is -2.14. The van der Waals surface area contributed by atoms with Gasteiger partial charge in [0.2, 0.25) is 0 Å². The monoisotopic (exact) mass is 411 g/mol. The van der Waals surface area contributed by atoms with E-state index < -0.39 is 24.4 Å². The van der Waals surface area contributed by atoms with Crippen LogP contribution in [-0.4, -0.2) is 42.4 Å². The Hall–Kier alpha value is -1.47. The van der Waals surface area contributed by atoms with Crippen LogP contribution in [0.15, 0.2) is 28.3 Å². The molecule has 0 unspecified atom stereocenters. The molecule has 6 nitrogen and oxygen atoms in total. The molecule has 0 fully saturated rings. The summed E-state index contributed by atoms with van der Waals surface area (Å²) in [6.45, 7) is -0.789. The Morgan fingerprint density at radius 1 is 1.04 bits per heavy atom. The first-order valence-corrected chi connectivity index (χ1v) is 7.97. The van der Waals surface area contributed by atoms with Crippen LogP contribution in [0.5, 0.6) is 5.75 Å². The van der Waals surface area contributed by atoms with E-state index in [1.165, 1.54) is 12.1 Å². The van der Waals surface area contributed by atoms with Crippen molar-refractivity contribution in [1.82, 2.24) is 4.90 Å². The third-order valence-corrected chi connectivity index (χ3v) is 4.20. The Morgan fingerprint density at radius 2 is 1.67 bits per heavy atom. The zero-order valence-electron chi connectivity index (χ0n) is 11.9. The summed E-state index contributed by atoms with van der Waals surface area (Å²) in [5.74, 6) is -1.89. The quantitative estimate of drug-likeness (QED) is 0.530. The summed E-state index contributed by atoms with van der Waals surface area (Å²) in [5, 5.41) is -0.0258. The van der Waals surface area contributed by atoms with Gasteiger partial charge in [-0.2, -0.15) is 0 Å². The molecule has 2 amide bonds. The van der Waals surface area contributed by atoms with Crippen molar-refractivity contribution >= 4 is 64.2 Å². The molecule has 0 atom stereocenters. The van der Waals surface area contributed by atoms with Gasteiger partial charge >= 0.3 is 5.97 Å². The third-order valence-electron chi connectivity index (χ3n) is 2.88. The van der Waals surface area contributed by atoms with E-state index in [1.807, 2.05) is 0 Å². The van der Waals surface area contributed by atoms with Crippen LogP contribution in [0.4, 0.5) is 0 Å². The Labute approximate surface area is 156 Å². The number of hydrogen-bond acceptors (Lipinski definition) is 5. The van der Waals surface area contributed by atoms with E-state index in [2.05, 4.69) is 0 Å². The van der Waals surface area contributed by atoms with Crippen molar-refractivity contribution < 1.29 is 23.9 Å². The number of imide groups is 1. The summed E-state index contributed by atoms with van der Waals surface area (Å²) in [6, 6.07) is 4.53. The number of esters is 1. The van der Waals surface area contributed by atoms with E-state index in [0.29, 0.717) is 5.02 Å². The van der Waals surface area contributed by atoms with E-state index >= 15 is 0 Å². The number of nitrogens with zero attached hydrogens (tertiary/aromatic N) is 1. The molecular formula is C14H9Cl4NO5. The van der Waals surface area contributed by atoms with Crippen LogP contribution < -0.4 is 4.74 Å². The van der Waals surface area contributed by atoms with Gasteiger partial charge in [-0.3, -0.25) is 14.5 Å². The highest BCUT2D eigenvalue weighted by molar-refractivity contribution is 6.58. The summed E-state index contributed by atoms with van der Waals surface area (Å²) in [6.07, 6.45) is 0. The van der Waals surface area contributed by atoms with Gasteiger partial charge in [0, 0.05) is 5.02 Å². The van der Waals surface area contributed by atoms with Gasteiger partial charge in [-0.1, -0.05) is 46.4 Å². The third kappa shape index (κ3) is 4.33. The number of halogens is 4.